The Morgan fingerprint density at radius 2 is 2.09 bits per heavy atom. The summed E-state index contributed by atoms with van der Waals surface area (Å²) >= 11 is 0. The number of aliphatic hydroxyl groups excluding tert-OH is 1. The van der Waals surface area contributed by atoms with Crippen LogP contribution in [-0.2, 0) is 19.1 Å². The molecule has 0 aromatic carbocycles. The standard InChI is InChI=1S/C15H17NO6/c1-7-5-9(22-16-7)12(18)10-8(17)6-15(2,3)11(13(10)19)14(20)21-4/h5,11,18H,6H2,1-4H3/t11-/m1/s1. The zero-order valence-electron chi connectivity index (χ0n) is 12.8. The summed E-state index contributed by atoms with van der Waals surface area (Å²) in [6.07, 6.45) is -0.0645. The second kappa shape index (κ2) is 5.40. The molecule has 2 rings (SSSR count). The second-order valence-corrected chi connectivity index (χ2v) is 5.97. The summed E-state index contributed by atoms with van der Waals surface area (Å²) in [5.41, 5.74) is -0.837. The number of hydrogen-bond acceptors (Lipinski definition) is 7. The van der Waals surface area contributed by atoms with Gasteiger partial charge in [-0.3, -0.25) is 14.4 Å². The fourth-order valence-electron chi connectivity index (χ4n) is 2.63. The Balaban J connectivity index is 2.55. The van der Waals surface area contributed by atoms with Gasteiger partial charge in [0.05, 0.1) is 12.8 Å². The maximum Gasteiger partial charge on any atom is 0.317 e. The normalized spacial score (nSPS) is 23.4. The van der Waals surface area contributed by atoms with Crippen molar-refractivity contribution in [2.75, 3.05) is 7.11 Å². The summed E-state index contributed by atoms with van der Waals surface area (Å²) in [5, 5.41) is 13.8. The molecule has 0 saturated heterocycles. The van der Waals surface area contributed by atoms with Crippen LogP contribution in [0.15, 0.2) is 16.2 Å². The number of allylic oxidation sites excluding steroid dienone is 1. The molecule has 7 nitrogen and oxygen atoms in total. The van der Waals surface area contributed by atoms with Crippen LogP contribution in [0.1, 0.15) is 31.7 Å². The molecule has 1 aromatic heterocycles. The fourth-order valence-corrected chi connectivity index (χ4v) is 2.63. The average molecular weight is 307 g/mol. The summed E-state index contributed by atoms with van der Waals surface area (Å²) in [6.45, 7) is 4.91. The van der Waals surface area contributed by atoms with Crippen molar-refractivity contribution in [1.29, 1.82) is 0 Å². The van der Waals surface area contributed by atoms with Crippen molar-refractivity contribution in [3.05, 3.63) is 23.1 Å². The average Bonchev–Trinajstić information content (AvgIpc) is 2.83. The maximum absolute atomic E-state index is 12.6. The van der Waals surface area contributed by atoms with Gasteiger partial charge in [0, 0.05) is 12.5 Å². The first-order valence-electron chi connectivity index (χ1n) is 6.71. The minimum absolute atomic E-state index is 0.0645. The lowest BCUT2D eigenvalue weighted by Crippen LogP contribution is -2.46. The van der Waals surface area contributed by atoms with Gasteiger partial charge in [-0.15, -0.1) is 0 Å². The van der Waals surface area contributed by atoms with Crippen molar-refractivity contribution in [2.45, 2.75) is 27.2 Å². The molecule has 0 spiro atoms. The molecule has 0 unspecified atom stereocenters. The molecule has 0 radical (unpaired) electrons. The van der Waals surface area contributed by atoms with Crippen LogP contribution >= 0.6 is 0 Å². The number of methoxy groups -OCH3 is 1. The molecule has 1 aliphatic carbocycles. The first-order chi connectivity index (χ1) is 10.2. The Kier molecular flexibility index (Phi) is 3.91. The number of esters is 1. The van der Waals surface area contributed by atoms with E-state index in [4.69, 9.17) is 4.52 Å². The highest BCUT2D eigenvalue weighted by Crippen LogP contribution is 2.41. The SMILES string of the molecule is COC(=O)[C@H]1C(=O)C(=C(O)c2cc(C)no2)C(=O)CC1(C)C. The summed E-state index contributed by atoms with van der Waals surface area (Å²) in [5.74, 6) is -3.88. The summed E-state index contributed by atoms with van der Waals surface area (Å²) < 4.78 is 9.53. The van der Waals surface area contributed by atoms with E-state index in [1.54, 1.807) is 20.8 Å². The predicted molar refractivity (Wildman–Crippen MR) is 74.7 cm³/mol. The predicted octanol–water partition coefficient (Wildman–Crippen LogP) is 1.61. The van der Waals surface area contributed by atoms with Crippen LogP contribution in [0.4, 0.5) is 0 Å². The molecule has 0 bridgehead atoms. The van der Waals surface area contributed by atoms with E-state index >= 15 is 0 Å². The van der Waals surface area contributed by atoms with E-state index in [2.05, 4.69) is 9.89 Å². The summed E-state index contributed by atoms with van der Waals surface area (Å²) in [4.78, 5) is 36.7. The first-order valence-corrected chi connectivity index (χ1v) is 6.71. The third-order valence-electron chi connectivity index (χ3n) is 3.72. The van der Waals surface area contributed by atoms with Crippen LogP contribution in [0.25, 0.3) is 5.76 Å². The van der Waals surface area contributed by atoms with Crippen LogP contribution in [0.2, 0.25) is 0 Å². The van der Waals surface area contributed by atoms with Crippen LogP contribution in [0.5, 0.6) is 0 Å². The number of aromatic nitrogens is 1. The molecule has 1 fully saturated rings. The number of aliphatic hydroxyl groups is 1. The number of carbonyl (C=O) groups is 3. The van der Waals surface area contributed by atoms with E-state index in [0.717, 1.165) is 0 Å². The maximum atomic E-state index is 12.6. The van der Waals surface area contributed by atoms with E-state index in [-0.39, 0.29) is 12.2 Å². The number of nitrogens with zero attached hydrogens (tertiary/aromatic N) is 1. The van der Waals surface area contributed by atoms with Gasteiger partial charge in [0.1, 0.15) is 11.5 Å². The zero-order valence-corrected chi connectivity index (χ0v) is 12.8. The summed E-state index contributed by atoms with van der Waals surface area (Å²) in [7, 11) is 1.17. The largest absolute Gasteiger partial charge is 0.504 e. The van der Waals surface area contributed by atoms with E-state index in [9.17, 15) is 19.5 Å². The Hall–Kier alpha value is -2.44. The van der Waals surface area contributed by atoms with E-state index in [0.29, 0.717) is 5.69 Å². The summed E-state index contributed by atoms with van der Waals surface area (Å²) in [6, 6.07) is 1.40. The van der Waals surface area contributed by atoms with Crippen LogP contribution in [-0.4, -0.2) is 34.9 Å². The van der Waals surface area contributed by atoms with Gasteiger partial charge in [0.2, 0.25) is 5.76 Å². The molecule has 0 aliphatic heterocycles. The minimum atomic E-state index is -1.16. The molecule has 0 amide bonds. The smallest absolute Gasteiger partial charge is 0.317 e. The lowest BCUT2D eigenvalue weighted by Gasteiger charge is -2.35. The van der Waals surface area contributed by atoms with Gasteiger partial charge in [-0.1, -0.05) is 19.0 Å². The molecule has 1 atom stereocenters. The van der Waals surface area contributed by atoms with Gasteiger partial charge in [-0.25, -0.2) is 0 Å². The van der Waals surface area contributed by atoms with Crippen molar-refractivity contribution in [3.63, 3.8) is 0 Å². The number of aryl methyl sites for hydroxylation is 1. The molecule has 1 aliphatic rings. The molecule has 118 valence electrons. The lowest BCUT2D eigenvalue weighted by atomic mass is 9.65. The number of ether oxygens (including phenoxy) is 1. The number of carbonyl (C=O) groups excluding carboxylic acids is 3. The van der Waals surface area contributed by atoms with Crippen LogP contribution < -0.4 is 0 Å². The fraction of sp³-hybridized carbons (Fsp3) is 0.467. The molecule has 7 heteroatoms. The van der Waals surface area contributed by atoms with Gasteiger partial charge in [-0.2, -0.15) is 0 Å². The molecule has 22 heavy (non-hydrogen) atoms. The third kappa shape index (κ3) is 2.54. The second-order valence-electron chi connectivity index (χ2n) is 5.97. The Labute approximate surface area is 126 Å². The zero-order chi connectivity index (χ0) is 16.7. The number of ketones is 2. The molecule has 1 aromatic rings. The molecular formula is C15H17NO6. The van der Waals surface area contributed by atoms with Gasteiger partial charge in [0.15, 0.2) is 17.3 Å². The van der Waals surface area contributed by atoms with Gasteiger partial charge in [0.25, 0.3) is 0 Å². The van der Waals surface area contributed by atoms with Crippen molar-refractivity contribution in [3.8, 4) is 0 Å². The first kappa shape index (κ1) is 15.9. The van der Waals surface area contributed by atoms with Crippen molar-refractivity contribution in [1.82, 2.24) is 5.16 Å². The number of Topliss-reactive ketones (excluding diaryl/α,β-unsaturated/α-hetero) is 2. The van der Waals surface area contributed by atoms with E-state index in [1.807, 2.05) is 0 Å². The third-order valence-corrected chi connectivity index (χ3v) is 3.72. The van der Waals surface area contributed by atoms with E-state index < -0.39 is 40.2 Å². The van der Waals surface area contributed by atoms with Crippen molar-refractivity contribution in [2.24, 2.45) is 11.3 Å². The number of hydrogen-bond donors (Lipinski definition) is 1. The Morgan fingerprint density at radius 1 is 1.45 bits per heavy atom. The lowest BCUT2D eigenvalue weighted by molar-refractivity contribution is -0.155. The Bertz CT molecular complexity index is 682. The highest BCUT2D eigenvalue weighted by molar-refractivity contribution is 6.30. The minimum Gasteiger partial charge on any atom is -0.504 e. The van der Waals surface area contributed by atoms with Crippen molar-refractivity contribution < 1.29 is 28.8 Å². The quantitative estimate of drug-likeness (QED) is 0.291. The van der Waals surface area contributed by atoms with Crippen molar-refractivity contribution >= 4 is 23.3 Å². The van der Waals surface area contributed by atoms with E-state index in [1.165, 1.54) is 13.2 Å². The molecule has 1 heterocycles. The molecule has 1 N–H and O–H groups in total. The molecular weight excluding hydrogens is 290 g/mol. The number of rotatable bonds is 2. The molecule has 1 saturated carbocycles. The van der Waals surface area contributed by atoms with Gasteiger partial charge < -0.3 is 14.4 Å². The Morgan fingerprint density at radius 3 is 2.59 bits per heavy atom. The van der Waals surface area contributed by atoms with Crippen LogP contribution in [0, 0.1) is 18.3 Å². The van der Waals surface area contributed by atoms with Crippen LogP contribution in [0.3, 0.4) is 0 Å². The van der Waals surface area contributed by atoms with Gasteiger partial charge in [-0.05, 0) is 12.3 Å². The topological polar surface area (TPSA) is 107 Å². The highest BCUT2D eigenvalue weighted by Gasteiger charge is 2.51. The monoisotopic (exact) mass is 307 g/mol. The van der Waals surface area contributed by atoms with Gasteiger partial charge >= 0.3 is 5.97 Å². The highest BCUT2D eigenvalue weighted by atomic mass is 16.5.